The summed E-state index contributed by atoms with van der Waals surface area (Å²) in [6.45, 7) is 7.12. The SMILES string of the molecule is CC(C)(C)N1C=NC(=O)CC1. The molecule has 0 N–H and O–H groups in total. The minimum Gasteiger partial charge on any atom is -0.357 e. The summed E-state index contributed by atoms with van der Waals surface area (Å²) in [6, 6.07) is 0. The molecule has 1 heterocycles. The fourth-order valence-corrected chi connectivity index (χ4v) is 0.981. The van der Waals surface area contributed by atoms with Crippen molar-refractivity contribution in [2.45, 2.75) is 32.7 Å². The molecule has 0 saturated heterocycles. The number of hydrogen-bond acceptors (Lipinski definition) is 2. The van der Waals surface area contributed by atoms with E-state index >= 15 is 0 Å². The van der Waals surface area contributed by atoms with E-state index in [9.17, 15) is 4.79 Å². The molecule has 0 unspecified atom stereocenters. The Morgan fingerprint density at radius 2 is 2.18 bits per heavy atom. The molecule has 0 saturated carbocycles. The quantitative estimate of drug-likeness (QED) is 0.522. The fraction of sp³-hybridized carbons (Fsp3) is 0.750. The first-order valence-electron chi connectivity index (χ1n) is 3.84. The summed E-state index contributed by atoms with van der Waals surface area (Å²) in [5, 5.41) is 0. The van der Waals surface area contributed by atoms with Gasteiger partial charge in [-0.3, -0.25) is 4.79 Å². The van der Waals surface area contributed by atoms with Crippen molar-refractivity contribution in [3.8, 4) is 0 Å². The lowest BCUT2D eigenvalue weighted by atomic mass is 10.1. The summed E-state index contributed by atoms with van der Waals surface area (Å²) in [5.74, 6) is -0.00880. The second kappa shape index (κ2) is 2.64. The molecule has 62 valence electrons. The van der Waals surface area contributed by atoms with Gasteiger partial charge in [-0.05, 0) is 20.8 Å². The molecule has 1 aliphatic heterocycles. The minimum atomic E-state index is -0.00880. The second-order valence-corrected chi connectivity index (χ2v) is 3.75. The van der Waals surface area contributed by atoms with Crippen LogP contribution in [0.1, 0.15) is 27.2 Å². The smallest absolute Gasteiger partial charge is 0.248 e. The molecule has 1 rings (SSSR count). The van der Waals surface area contributed by atoms with Gasteiger partial charge in [0.05, 0.1) is 6.34 Å². The van der Waals surface area contributed by atoms with Crippen molar-refractivity contribution in [3.63, 3.8) is 0 Å². The van der Waals surface area contributed by atoms with Gasteiger partial charge in [-0.1, -0.05) is 0 Å². The molecule has 1 aliphatic rings. The standard InChI is InChI=1S/C8H14N2O/c1-8(2,3)10-5-4-7(11)9-6-10/h6H,4-5H2,1-3H3. The van der Waals surface area contributed by atoms with Crippen LogP contribution < -0.4 is 0 Å². The Kier molecular flexibility index (Phi) is 1.98. The van der Waals surface area contributed by atoms with Crippen molar-refractivity contribution < 1.29 is 4.79 Å². The molecule has 11 heavy (non-hydrogen) atoms. The van der Waals surface area contributed by atoms with E-state index in [1.165, 1.54) is 0 Å². The van der Waals surface area contributed by atoms with Crippen LogP contribution in [0.25, 0.3) is 0 Å². The van der Waals surface area contributed by atoms with Crippen LogP contribution in [0.3, 0.4) is 0 Å². The van der Waals surface area contributed by atoms with Gasteiger partial charge in [-0.25, -0.2) is 4.99 Å². The summed E-state index contributed by atoms with van der Waals surface area (Å²) in [6.07, 6.45) is 2.19. The van der Waals surface area contributed by atoms with Crippen LogP contribution in [-0.2, 0) is 4.79 Å². The lowest BCUT2D eigenvalue weighted by Crippen LogP contribution is -2.43. The van der Waals surface area contributed by atoms with Crippen molar-refractivity contribution in [2.75, 3.05) is 6.54 Å². The Morgan fingerprint density at radius 1 is 1.55 bits per heavy atom. The molecule has 0 fully saturated rings. The highest BCUT2D eigenvalue weighted by Gasteiger charge is 2.21. The molecule has 0 atom stereocenters. The number of rotatable bonds is 0. The van der Waals surface area contributed by atoms with E-state index in [-0.39, 0.29) is 11.4 Å². The largest absolute Gasteiger partial charge is 0.357 e. The fourth-order valence-electron chi connectivity index (χ4n) is 0.981. The molecule has 0 spiro atoms. The van der Waals surface area contributed by atoms with E-state index in [0.29, 0.717) is 6.42 Å². The minimum absolute atomic E-state index is 0.00880. The Bertz CT molecular complexity index is 191. The highest BCUT2D eigenvalue weighted by Crippen LogP contribution is 2.13. The molecule has 0 aromatic heterocycles. The summed E-state index contributed by atoms with van der Waals surface area (Å²) >= 11 is 0. The van der Waals surface area contributed by atoms with Gasteiger partial charge in [0, 0.05) is 18.5 Å². The number of amides is 1. The Balaban J connectivity index is 2.65. The normalized spacial score (nSPS) is 19.2. The maximum absolute atomic E-state index is 10.7. The zero-order valence-electron chi connectivity index (χ0n) is 7.29. The molecule has 1 amide bonds. The molecule has 0 aromatic carbocycles. The Hall–Kier alpha value is -0.860. The van der Waals surface area contributed by atoms with Gasteiger partial charge in [0.2, 0.25) is 5.91 Å². The lowest BCUT2D eigenvalue weighted by molar-refractivity contribution is -0.118. The highest BCUT2D eigenvalue weighted by atomic mass is 16.1. The number of hydrogen-bond donors (Lipinski definition) is 0. The average Bonchev–Trinajstić information content (AvgIpc) is 1.86. The van der Waals surface area contributed by atoms with Crippen LogP contribution in [0.4, 0.5) is 0 Å². The molecule has 0 aromatic rings. The van der Waals surface area contributed by atoms with Gasteiger partial charge >= 0.3 is 0 Å². The van der Waals surface area contributed by atoms with Gasteiger partial charge in [0.1, 0.15) is 0 Å². The zero-order chi connectivity index (χ0) is 8.48. The predicted molar refractivity (Wildman–Crippen MR) is 44.6 cm³/mol. The maximum Gasteiger partial charge on any atom is 0.248 e. The second-order valence-electron chi connectivity index (χ2n) is 3.75. The van der Waals surface area contributed by atoms with Gasteiger partial charge in [-0.2, -0.15) is 0 Å². The van der Waals surface area contributed by atoms with Crippen molar-refractivity contribution in [1.82, 2.24) is 4.90 Å². The Labute approximate surface area is 67.1 Å². The van der Waals surface area contributed by atoms with Crippen LogP contribution >= 0.6 is 0 Å². The van der Waals surface area contributed by atoms with Crippen molar-refractivity contribution >= 4 is 12.2 Å². The van der Waals surface area contributed by atoms with Crippen LogP contribution in [0.5, 0.6) is 0 Å². The van der Waals surface area contributed by atoms with Gasteiger partial charge in [-0.15, -0.1) is 0 Å². The monoisotopic (exact) mass is 154 g/mol. The topological polar surface area (TPSA) is 32.7 Å². The van der Waals surface area contributed by atoms with Crippen molar-refractivity contribution in [3.05, 3.63) is 0 Å². The van der Waals surface area contributed by atoms with E-state index in [4.69, 9.17) is 0 Å². The van der Waals surface area contributed by atoms with Crippen LogP contribution in [0.2, 0.25) is 0 Å². The lowest BCUT2D eigenvalue weighted by Gasteiger charge is -2.35. The van der Waals surface area contributed by atoms with Gasteiger partial charge in [0.25, 0.3) is 0 Å². The Morgan fingerprint density at radius 3 is 2.55 bits per heavy atom. The zero-order valence-corrected chi connectivity index (χ0v) is 7.29. The van der Waals surface area contributed by atoms with Gasteiger partial charge < -0.3 is 4.90 Å². The molecule has 3 nitrogen and oxygen atoms in total. The predicted octanol–water partition coefficient (Wildman–Crippen LogP) is 1.05. The van der Waals surface area contributed by atoms with E-state index in [1.54, 1.807) is 6.34 Å². The average molecular weight is 154 g/mol. The van der Waals surface area contributed by atoms with Crippen molar-refractivity contribution in [2.24, 2.45) is 4.99 Å². The van der Waals surface area contributed by atoms with E-state index in [1.807, 2.05) is 0 Å². The molecule has 0 bridgehead atoms. The molecule has 0 radical (unpaired) electrons. The number of aliphatic imine (C=N–C) groups is 1. The van der Waals surface area contributed by atoms with Gasteiger partial charge in [0.15, 0.2) is 0 Å². The molecule has 3 heteroatoms. The van der Waals surface area contributed by atoms with E-state index in [0.717, 1.165) is 6.54 Å². The molecular weight excluding hydrogens is 140 g/mol. The highest BCUT2D eigenvalue weighted by molar-refractivity contribution is 5.86. The first-order chi connectivity index (χ1) is 5.00. The van der Waals surface area contributed by atoms with Crippen LogP contribution in [0, 0.1) is 0 Å². The first-order valence-corrected chi connectivity index (χ1v) is 3.84. The summed E-state index contributed by atoms with van der Waals surface area (Å²) in [5.41, 5.74) is 0.0875. The maximum atomic E-state index is 10.7. The third-order valence-corrected chi connectivity index (χ3v) is 1.77. The number of nitrogens with zero attached hydrogens (tertiary/aromatic N) is 2. The number of carbonyl (C=O) groups is 1. The van der Waals surface area contributed by atoms with Crippen LogP contribution in [-0.4, -0.2) is 29.2 Å². The first kappa shape index (κ1) is 8.24. The van der Waals surface area contributed by atoms with Crippen LogP contribution in [0.15, 0.2) is 4.99 Å². The molecular formula is C8H14N2O. The molecule has 0 aliphatic carbocycles. The van der Waals surface area contributed by atoms with E-state index < -0.39 is 0 Å². The summed E-state index contributed by atoms with van der Waals surface area (Å²) in [7, 11) is 0. The number of carbonyl (C=O) groups excluding carboxylic acids is 1. The summed E-state index contributed by atoms with van der Waals surface area (Å²) < 4.78 is 0. The van der Waals surface area contributed by atoms with Crippen molar-refractivity contribution in [1.29, 1.82) is 0 Å². The van der Waals surface area contributed by atoms with E-state index in [2.05, 4.69) is 30.7 Å². The third kappa shape index (κ3) is 2.03. The summed E-state index contributed by atoms with van der Waals surface area (Å²) in [4.78, 5) is 16.5. The third-order valence-electron chi connectivity index (χ3n) is 1.77.